The Morgan fingerprint density at radius 1 is 1.37 bits per heavy atom. The second-order valence-electron chi connectivity index (χ2n) is 2.65. The zero-order valence-electron chi connectivity index (χ0n) is 10.7. The van der Waals surface area contributed by atoms with E-state index in [2.05, 4.69) is 17.1 Å². The van der Waals surface area contributed by atoms with E-state index in [9.17, 15) is 4.79 Å². The number of hydrogen-bond donors (Lipinski definition) is 4. The molecule has 19 heavy (non-hydrogen) atoms. The zero-order valence-corrected chi connectivity index (χ0v) is 9.71. The van der Waals surface area contributed by atoms with E-state index < -0.39 is 0 Å². The molecule has 0 fully saturated rings. The molecular weight excluding hydrogens is 246 g/mol. The van der Waals surface area contributed by atoms with Crippen LogP contribution in [0.15, 0.2) is 4.99 Å². The van der Waals surface area contributed by atoms with Gasteiger partial charge in [-0.15, -0.1) is 12.8 Å². The van der Waals surface area contributed by atoms with Crippen LogP contribution in [-0.2, 0) is 9.59 Å². The van der Waals surface area contributed by atoms with Gasteiger partial charge in [-0.25, -0.2) is 0 Å². The summed E-state index contributed by atoms with van der Waals surface area (Å²) in [4.78, 5) is 22.8. The van der Waals surface area contributed by atoms with Crippen LogP contribution in [-0.4, -0.2) is 37.7 Å². The van der Waals surface area contributed by atoms with Crippen molar-refractivity contribution < 1.29 is 11.0 Å². The van der Waals surface area contributed by atoms with Crippen molar-refractivity contribution in [2.45, 2.75) is 33.7 Å². The van der Waals surface area contributed by atoms with Gasteiger partial charge in [-0.3, -0.25) is 4.99 Å². The lowest BCUT2D eigenvalue weighted by Gasteiger charge is -2.00. The number of nitrogens with zero attached hydrogens (tertiary/aromatic N) is 1. The summed E-state index contributed by atoms with van der Waals surface area (Å²) < 4.78 is 5.74. The van der Waals surface area contributed by atoms with Crippen LogP contribution in [0.3, 0.4) is 0 Å². The van der Waals surface area contributed by atoms with Crippen molar-refractivity contribution in [1.29, 1.82) is 0 Å². The van der Waals surface area contributed by atoms with Crippen molar-refractivity contribution in [3.05, 3.63) is 0 Å². The molecule has 114 valence electrons. The molecule has 0 amide bonds. The van der Waals surface area contributed by atoms with Gasteiger partial charge < -0.3 is 32.5 Å². The van der Waals surface area contributed by atoms with Gasteiger partial charge in [0.05, 0.1) is 6.04 Å². The molecule has 0 aliphatic rings. The van der Waals surface area contributed by atoms with Crippen LogP contribution in [0.2, 0.25) is 0 Å². The fourth-order valence-electron chi connectivity index (χ4n) is 0.603. The summed E-state index contributed by atoms with van der Waals surface area (Å²) in [7, 11) is 0. The Hall–Kier alpha value is -1.91. The molecule has 8 N–H and O–H groups in total. The van der Waals surface area contributed by atoms with Gasteiger partial charge in [-0.2, -0.15) is 0 Å². The Morgan fingerprint density at radius 3 is 2.05 bits per heavy atom. The Labute approximate surface area is 118 Å². The average Bonchev–Trinajstić information content (AvgIpc) is 2.35. The molecule has 0 aliphatic heterocycles. The number of carbonyl (C=O) groups excluding carboxylic acids is 2. The lowest BCUT2D eigenvalue weighted by atomic mass is 10.2. The van der Waals surface area contributed by atoms with Crippen molar-refractivity contribution in [2.24, 2.45) is 27.9 Å². The van der Waals surface area contributed by atoms with Gasteiger partial charge in [0.15, 0.2) is 5.96 Å². The fraction of sp³-hybridized carbons (Fsp3) is 0.583. The van der Waals surface area contributed by atoms with E-state index in [1.54, 1.807) is 0 Å². The second-order valence-corrected chi connectivity index (χ2v) is 2.65. The number of aldehydes is 2. The molecule has 0 spiro atoms. The number of terminal acetylenes is 1. The third kappa shape index (κ3) is 48.8. The van der Waals surface area contributed by atoms with Gasteiger partial charge in [0.1, 0.15) is 13.9 Å². The third-order valence-corrected chi connectivity index (χ3v) is 1.26. The largest absolute Gasteiger partial charge is 0.370 e. The van der Waals surface area contributed by atoms with Crippen molar-refractivity contribution in [3.63, 3.8) is 0 Å². The summed E-state index contributed by atoms with van der Waals surface area (Å²) in [6, 6.07) is -0.385. The highest BCUT2D eigenvalue weighted by atomic mass is 16.1. The second kappa shape index (κ2) is 29.8. The average molecular weight is 277 g/mol. The maximum absolute atomic E-state index is 10.0. The van der Waals surface area contributed by atoms with Crippen molar-refractivity contribution in [2.75, 3.05) is 13.1 Å². The van der Waals surface area contributed by atoms with Crippen molar-refractivity contribution in [3.8, 4) is 12.8 Å². The molecule has 0 aromatic rings. The lowest BCUT2D eigenvalue weighted by Crippen LogP contribution is -2.24. The summed E-state index contributed by atoms with van der Waals surface area (Å²) in [5.74, 6) is 0.0738. The third-order valence-electron chi connectivity index (χ3n) is 1.26. The highest BCUT2D eigenvalue weighted by Crippen LogP contribution is 1.91. The van der Waals surface area contributed by atoms with Gasteiger partial charge >= 0.3 is 0 Å². The Bertz CT molecular complexity index is 263. The van der Waals surface area contributed by atoms with Crippen LogP contribution >= 0.6 is 0 Å². The molecule has 0 aromatic heterocycles. The first-order valence-corrected chi connectivity index (χ1v) is 4.77. The first-order chi connectivity index (χ1) is 8.49. The molecule has 0 rings (SSSR count). The first kappa shape index (κ1) is 25.8. The van der Waals surface area contributed by atoms with E-state index in [0.717, 1.165) is 12.7 Å². The maximum Gasteiger partial charge on any atom is 0.185 e. The van der Waals surface area contributed by atoms with Crippen molar-refractivity contribution >= 4 is 18.5 Å². The molecule has 0 heterocycles. The van der Waals surface area contributed by atoms with Crippen LogP contribution in [0.5, 0.6) is 0 Å². The summed E-state index contributed by atoms with van der Waals surface area (Å²) >= 11 is 0. The van der Waals surface area contributed by atoms with Gasteiger partial charge in [0.25, 0.3) is 0 Å². The fourth-order valence-corrected chi connectivity index (χ4v) is 0.603. The predicted octanol–water partition coefficient (Wildman–Crippen LogP) is -0.768. The van der Waals surface area contributed by atoms with Gasteiger partial charge in [0, 0.05) is 13.1 Å². The minimum Gasteiger partial charge on any atom is -0.370 e. The molecule has 7 heteroatoms. The maximum atomic E-state index is 10.0. The minimum atomic E-state index is -0.385. The molecule has 0 unspecified atom stereocenters. The van der Waals surface area contributed by atoms with E-state index in [1.165, 1.54) is 6.40 Å². The lowest BCUT2D eigenvalue weighted by molar-refractivity contribution is -0.109. The molecule has 0 bridgehead atoms. The van der Waals surface area contributed by atoms with E-state index in [1.807, 2.05) is 0 Å². The van der Waals surface area contributed by atoms with E-state index in [0.29, 0.717) is 19.3 Å². The van der Waals surface area contributed by atoms with Crippen LogP contribution in [0.1, 0.15) is 29.1 Å². The molecular formula is C12H29N5O2. The monoisotopic (exact) mass is 277 g/mol. The number of carbonyl (C=O) groups is 2. The summed E-state index contributed by atoms with van der Waals surface area (Å²) in [6.07, 6.45) is 8.49. The molecule has 7 nitrogen and oxygen atoms in total. The van der Waals surface area contributed by atoms with Crippen LogP contribution < -0.4 is 22.9 Å². The smallest absolute Gasteiger partial charge is 0.185 e. The van der Waals surface area contributed by atoms with Crippen LogP contribution in [0.4, 0.5) is 0 Å². The Kier molecular flexibility index (Phi) is 40.5. The number of hydrogen-bond acceptors (Lipinski definition) is 5. The van der Waals surface area contributed by atoms with Crippen molar-refractivity contribution in [1.82, 2.24) is 0 Å². The predicted molar refractivity (Wildman–Crippen MR) is 82.4 cm³/mol. The molecule has 0 aliphatic carbocycles. The summed E-state index contributed by atoms with van der Waals surface area (Å²) in [5.41, 5.74) is 20.1. The number of rotatable bonds is 6. The summed E-state index contributed by atoms with van der Waals surface area (Å²) in [5, 5.41) is 0. The van der Waals surface area contributed by atoms with E-state index in [4.69, 9.17) is 23.4 Å². The number of nitrogens with two attached hydrogens (primary N) is 4. The molecule has 0 saturated carbocycles. The van der Waals surface area contributed by atoms with Gasteiger partial charge in [-0.05, 0) is 12.8 Å². The van der Waals surface area contributed by atoms with Gasteiger partial charge in [-0.1, -0.05) is 14.9 Å². The van der Waals surface area contributed by atoms with Gasteiger partial charge in [0.2, 0.25) is 0 Å². The molecule has 0 saturated heterocycles. The Morgan fingerprint density at radius 2 is 1.79 bits per heavy atom. The topological polar surface area (TPSA) is 151 Å². The van der Waals surface area contributed by atoms with Crippen LogP contribution in [0.25, 0.3) is 0 Å². The Balaban J connectivity index is -0.0000000708. The van der Waals surface area contributed by atoms with Crippen LogP contribution in [0, 0.1) is 12.8 Å². The molecule has 0 radical (unpaired) electrons. The van der Waals surface area contributed by atoms with E-state index >= 15 is 0 Å². The highest BCUT2D eigenvalue weighted by Gasteiger charge is 1.97. The minimum absolute atomic E-state index is 0. The number of aliphatic imine (C=N–C) groups is 1. The number of guanidine groups is 1. The normalized spacial score (nSPS) is 8.79. The quantitative estimate of drug-likeness (QED) is 0.164. The highest BCUT2D eigenvalue weighted by molar-refractivity contribution is 5.75. The SMILES string of the molecule is C.C.NC(N)=NCCC[C@@H](N)C=O.NCC=O.[3H]C#C. The molecule has 1 atom stereocenters. The first-order valence-electron chi connectivity index (χ1n) is 5.27. The summed E-state index contributed by atoms with van der Waals surface area (Å²) in [6.45, 7) is 0.671. The van der Waals surface area contributed by atoms with E-state index in [-0.39, 0.29) is 33.4 Å². The zero-order chi connectivity index (χ0) is 14.8. The molecule has 0 aromatic carbocycles. The standard InChI is InChI=1S/C6H14N4O.C2H5NO.C2H2.2CH4/c7-5(4-11)2-1-3-10-6(8)9;3-1-2-4;1-2;;/h4-5H,1-3,7H2,(H4,8,9,10);2H,1,3H2;1-2H;2*1H4/t5-;;;;/m1..../s1/i;;1T;;.